The van der Waals surface area contributed by atoms with Gasteiger partial charge >= 0.3 is 0 Å². The molecule has 0 saturated carbocycles. The van der Waals surface area contributed by atoms with Gasteiger partial charge in [0.2, 0.25) is 5.91 Å². The molecule has 1 rings (SSSR count). The van der Waals surface area contributed by atoms with Crippen molar-refractivity contribution in [3.05, 3.63) is 22.8 Å². The summed E-state index contributed by atoms with van der Waals surface area (Å²) in [5.41, 5.74) is 5.18. The monoisotopic (exact) mass is 284 g/mol. The lowest BCUT2D eigenvalue weighted by molar-refractivity contribution is -0.118. The number of hydrogen-bond acceptors (Lipinski definition) is 4. The molecular weight excluding hydrogens is 268 g/mol. The Balaban J connectivity index is 2.80. The third kappa shape index (κ3) is 4.75. The van der Waals surface area contributed by atoms with Crippen LogP contribution in [0.1, 0.15) is 30.8 Å². The summed E-state index contributed by atoms with van der Waals surface area (Å²) in [5.74, 6) is -0.341. The molecule has 104 valence electrons. The maximum absolute atomic E-state index is 12.0. The van der Waals surface area contributed by atoms with Crippen LogP contribution in [0.5, 0.6) is 0 Å². The Morgan fingerprint density at radius 1 is 1.47 bits per heavy atom. The molecule has 6 nitrogen and oxygen atoms in total. The van der Waals surface area contributed by atoms with Crippen molar-refractivity contribution < 1.29 is 9.59 Å². The second-order valence-electron chi connectivity index (χ2n) is 4.10. The number of carbonyl (C=O) groups is 2. The number of nitrogens with two attached hydrogens (primary N) is 1. The molecule has 0 saturated heterocycles. The Labute approximate surface area is 116 Å². The molecule has 4 N–H and O–H groups in total. The quantitative estimate of drug-likeness (QED) is 0.730. The molecule has 19 heavy (non-hydrogen) atoms. The number of primary amides is 1. The van der Waals surface area contributed by atoms with Gasteiger partial charge in [-0.25, -0.2) is 4.98 Å². The molecule has 0 aromatic carbocycles. The van der Waals surface area contributed by atoms with Gasteiger partial charge in [0.25, 0.3) is 5.91 Å². The van der Waals surface area contributed by atoms with Gasteiger partial charge < -0.3 is 16.4 Å². The van der Waals surface area contributed by atoms with E-state index in [1.54, 1.807) is 19.1 Å². The van der Waals surface area contributed by atoms with Crippen molar-refractivity contribution in [2.45, 2.75) is 26.3 Å². The summed E-state index contributed by atoms with van der Waals surface area (Å²) in [7, 11) is 0. The zero-order chi connectivity index (χ0) is 14.4. The van der Waals surface area contributed by atoms with Crippen LogP contribution in [-0.4, -0.2) is 29.4 Å². The summed E-state index contributed by atoms with van der Waals surface area (Å²) < 4.78 is 0. The molecular formula is C12H17ClN4O2. The summed E-state index contributed by atoms with van der Waals surface area (Å²) in [4.78, 5) is 26.9. The number of halogens is 1. The zero-order valence-corrected chi connectivity index (χ0v) is 11.6. The van der Waals surface area contributed by atoms with E-state index in [0.29, 0.717) is 12.4 Å². The van der Waals surface area contributed by atoms with E-state index in [9.17, 15) is 9.59 Å². The van der Waals surface area contributed by atoms with Crippen LogP contribution in [0.15, 0.2) is 12.1 Å². The van der Waals surface area contributed by atoms with Crippen LogP contribution in [-0.2, 0) is 4.79 Å². The lowest BCUT2D eigenvalue weighted by atomic mass is 10.2. The number of nitrogens with one attached hydrogen (secondary N) is 2. The number of aromatic nitrogens is 1. The van der Waals surface area contributed by atoms with Gasteiger partial charge in [-0.3, -0.25) is 9.59 Å². The van der Waals surface area contributed by atoms with Crippen molar-refractivity contribution in [2.75, 3.05) is 11.9 Å². The summed E-state index contributed by atoms with van der Waals surface area (Å²) in [5, 5.41) is 5.87. The molecule has 0 spiro atoms. The zero-order valence-electron chi connectivity index (χ0n) is 10.9. The van der Waals surface area contributed by atoms with Gasteiger partial charge in [0.1, 0.15) is 11.5 Å². The minimum absolute atomic E-state index is 0.0657. The SMILES string of the molecule is CCNc1ccc(Cl)c(C(=O)NC(C)CC(N)=O)n1. The van der Waals surface area contributed by atoms with E-state index >= 15 is 0 Å². The van der Waals surface area contributed by atoms with E-state index in [0.717, 1.165) is 0 Å². The molecule has 1 aromatic heterocycles. The van der Waals surface area contributed by atoms with Crippen LogP contribution < -0.4 is 16.4 Å². The summed E-state index contributed by atoms with van der Waals surface area (Å²) in [6, 6.07) is 2.92. The first kappa shape index (κ1) is 15.2. The number of amides is 2. The third-order valence-electron chi connectivity index (χ3n) is 2.30. The van der Waals surface area contributed by atoms with E-state index in [-0.39, 0.29) is 23.2 Å². The highest BCUT2D eigenvalue weighted by Crippen LogP contribution is 2.16. The fraction of sp³-hybridized carbons (Fsp3) is 0.417. The molecule has 2 amide bonds. The molecule has 1 heterocycles. The van der Waals surface area contributed by atoms with E-state index in [1.165, 1.54) is 0 Å². The Morgan fingerprint density at radius 2 is 2.16 bits per heavy atom. The maximum atomic E-state index is 12.0. The van der Waals surface area contributed by atoms with Crippen LogP contribution in [0.25, 0.3) is 0 Å². The van der Waals surface area contributed by atoms with Crippen LogP contribution in [0, 0.1) is 0 Å². The Morgan fingerprint density at radius 3 is 2.74 bits per heavy atom. The van der Waals surface area contributed by atoms with Gasteiger partial charge in [0, 0.05) is 19.0 Å². The first-order chi connectivity index (χ1) is 8.93. The van der Waals surface area contributed by atoms with E-state index in [4.69, 9.17) is 17.3 Å². The fourth-order valence-electron chi connectivity index (χ4n) is 1.53. The summed E-state index contributed by atoms with van der Waals surface area (Å²) in [6.07, 6.45) is 0.0657. The summed E-state index contributed by atoms with van der Waals surface area (Å²) >= 11 is 5.94. The van der Waals surface area contributed by atoms with Crippen LogP contribution in [0.2, 0.25) is 5.02 Å². The molecule has 0 radical (unpaired) electrons. The normalized spacial score (nSPS) is 11.7. The van der Waals surface area contributed by atoms with Gasteiger partial charge in [-0.1, -0.05) is 11.6 Å². The average Bonchev–Trinajstić information content (AvgIpc) is 2.30. The largest absolute Gasteiger partial charge is 0.370 e. The van der Waals surface area contributed by atoms with Crippen molar-refractivity contribution in [3.63, 3.8) is 0 Å². The number of nitrogens with zero attached hydrogens (tertiary/aromatic N) is 1. The highest BCUT2D eigenvalue weighted by molar-refractivity contribution is 6.33. The van der Waals surface area contributed by atoms with Crippen LogP contribution in [0.3, 0.4) is 0 Å². The molecule has 0 fully saturated rings. The van der Waals surface area contributed by atoms with E-state index in [2.05, 4.69) is 15.6 Å². The molecule has 1 aromatic rings. The van der Waals surface area contributed by atoms with E-state index < -0.39 is 11.8 Å². The fourth-order valence-corrected chi connectivity index (χ4v) is 1.72. The van der Waals surface area contributed by atoms with Gasteiger partial charge in [-0.05, 0) is 26.0 Å². The minimum Gasteiger partial charge on any atom is -0.370 e. The summed E-state index contributed by atoms with van der Waals surface area (Å²) in [6.45, 7) is 4.30. The molecule has 0 aliphatic heterocycles. The Hall–Kier alpha value is -1.82. The Kier molecular flexibility index (Phi) is 5.57. The smallest absolute Gasteiger partial charge is 0.271 e. The van der Waals surface area contributed by atoms with Crippen LogP contribution >= 0.6 is 11.6 Å². The van der Waals surface area contributed by atoms with Crippen molar-refractivity contribution in [3.8, 4) is 0 Å². The molecule has 0 aliphatic rings. The predicted octanol–water partition coefficient (Wildman–Crippen LogP) is 1.16. The first-order valence-corrected chi connectivity index (χ1v) is 6.31. The lowest BCUT2D eigenvalue weighted by Gasteiger charge is -2.13. The van der Waals surface area contributed by atoms with Gasteiger partial charge in [-0.15, -0.1) is 0 Å². The Bertz CT molecular complexity index is 479. The maximum Gasteiger partial charge on any atom is 0.271 e. The molecule has 1 atom stereocenters. The second-order valence-corrected chi connectivity index (χ2v) is 4.51. The number of anilines is 1. The highest BCUT2D eigenvalue weighted by Gasteiger charge is 2.16. The second kappa shape index (κ2) is 6.94. The predicted molar refractivity (Wildman–Crippen MR) is 74.2 cm³/mol. The van der Waals surface area contributed by atoms with Crippen molar-refractivity contribution >= 4 is 29.2 Å². The average molecular weight is 285 g/mol. The van der Waals surface area contributed by atoms with Crippen molar-refractivity contribution in [1.29, 1.82) is 0 Å². The van der Waals surface area contributed by atoms with Gasteiger partial charge in [-0.2, -0.15) is 0 Å². The molecule has 1 unspecified atom stereocenters. The minimum atomic E-state index is -0.478. The van der Waals surface area contributed by atoms with Crippen molar-refractivity contribution in [1.82, 2.24) is 10.3 Å². The van der Waals surface area contributed by atoms with E-state index in [1.807, 2.05) is 6.92 Å². The standard InChI is InChI=1S/C12H17ClN4O2/c1-3-15-10-5-4-8(13)11(17-10)12(19)16-7(2)6-9(14)18/h4-5,7H,3,6H2,1-2H3,(H2,14,18)(H,15,17)(H,16,19). The van der Waals surface area contributed by atoms with Gasteiger partial charge in [0.15, 0.2) is 0 Å². The third-order valence-corrected chi connectivity index (χ3v) is 2.61. The van der Waals surface area contributed by atoms with Crippen molar-refractivity contribution in [2.24, 2.45) is 5.73 Å². The first-order valence-electron chi connectivity index (χ1n) is 5.93. The number of hydrogen-bond donors (Lipinski definition) is 3. The van der Waals surface area contributed by atoms with Crippen LogP contribution in [0.4, 0.5) is 5.82 Å². The lowest BCUT2D eigenvalue weighted by Crippen LogP contribution is -2.36. The number of rotatable bonds is 6. The number of pyridine rings is 1. The topological polar surface area (TPSA) is 97.1 Å². The highest BCUT2D eigenvalue weighted by atomic mass is 35.5. The molecule has 0 bridgehead atoms. The molecule has 7 heteroatoms. The molecule has 0 aliphatic carbocycles. The van der Waals surface area contributed by atoms with Gasteiger partial charge in [0.05, 0.1) is 5.02 Å². The number of carbonyl (C=O) groups excluding carboxylic acids is 2.